The van der Waals surface area contributed by atoms with Gasteiger partial charge in [0.1, 0.15) is 29.3 Å². The lowest BCUT2D eigenvalue weighted by Gasteiger charge is -2.33. The Hall–Kier alpha value is -3.26. The highest BCUT2D eigenvalue weighted by atomic mass is 32.1. The van der Waals surface area contributed by atoms with Crippen LogP contribution < -0.4 is 14.5 Å². The Bertz CT molecular complexity index is 1260. The smallest absolute Gasteiger partial charge is 0.237 e. The van der Waals surface area contributed by atoms with Crippen molar-refractivity contribution in [3.05, 3.63) is 59.1 Å². The second kappa shape index (κ2) is 6.91. The lowest BCUT2D eigenvalue weighted by Crippen LogP contribution is -2.33. The monoisotopic (exact) mass is 416 g/mol. The van der Waals surface area contributed by atoms with Crippen molar-refractivity contribution >= 4 is 38.7 Å². The summed E-state index contributed by atoms with van der Waals surface area (Å²) in [6.07, 6.45) is 6.32. The van der Waals surface area contributed by atoms with Crippen LogP contribution in [-0.2, 0) is 13.0 Å². The van der Waals surface area contributed by atoms with Gasteiger partial charge in [0.2, 0.25) is 5.88 Å². The van der Waals surface area contributed by atoms with E-state index in [1.165, 1.54) is 16.1 Å². The van der Waals surface area contributed by atoms with E-state index in [4.69, 9.17) is 9.72 Å². The average molecular weight is 417 g/mol. The van der Waals surface area contributed by atoms with Crippen molar-refractivity contribution in [2.45, 2.75) is 19.9 Å². The molecule has 0 aromatic carbocycles. The van der Waals surface area contributed by atoms with Crippen LogP contribution >= 0.6 is 11.3 Å². The molecule has 30 heavy (non-hydrogen) atoms. The molecule has 8 heteroatoms. The van der Waals surface area contributed by atoms with Crippen molar-refractivity contribution in [3.63, 3.8) is 0 Å². The Morgan fingerprint density at radius 1 is 1.10 bits per heavy atom. The molecule has 6 heterocycles. The topological polar surface area (TPSA) is 67.3 Å². The Kier molecular flexibility index (Phi) is 4.05. The van der Waals surface area contributed by atoms with Gasteiger partial charge in [-0.3, -0.25) is 4.98 Å². The number of aromatic nitrogens is 4. The fraction of sp³-hybridized carbons (Fsp3) is 0.273. The lowest BCUT2D eigenvalue weighted by atomic mass is 10.0. The second-order valence-corrected chi connectivity index (χ2v) is 8.81. The van der Waals surface area contributed by atoms with Crippen LogP contribution in [0.3, 0.4) is 0 Å². The molecule has 0 fully saturated rings. The van der Waals surface area contributed by atoms with Gasteiger partial charge in [0, 0.05) is 36.3 Å². The maximum Gasteiger partial charge on any atom is 0.237 e. The van der Waals surface area contributed by atoms with Crippen LogP contribution in [-0.4, -0.2) is 39.6 Å². The predicted octanol–water partition coefficient (Wildman–Crippen LogP) is 3.88. The normalized spacial score (nSPS) is 15.6. The third-order valence-corrected chi connectivity index (χ3v) is 6.62. The summed E-state index contributed by atoms with van der Waals surface area (Å²) in [4.78, 5) is 25.1. The van der Waals surface area contributed by atoms with Crippen LogP contribution in [0.5, 0.6) is 5.88 Å². The van der Waals surface area contributed by atoms with Gasteiger partial charge in [-0.25, -0.2) is 15.0 Å². The van der Waals surface area contributed by atoms with E-state index >= 15 is 0 Å². The van der Waals surface area contributed by atoms with E-state index in [0.29, 0.717) is 12.5 Å². The van der Waals surface area contributed by atoms with E-state index in [0.717, 1.165) is 53.5 Å². The summed E-state index contributed by atoms with van der Waals surface area (Å²) in [5, 5.41) is 1.14. The van der Waals surface area contributed by atoms with Crippen LogP contribution in [0, 0.1) is 6.92 Å². The number of ether oxygens (including phenoxy) is 1. The van der Waals surface area contributed by atoms with Gasteiger partial charge in [0.05, 0.1) is 23.8 Å². The number of aryl methyl sites for hydroxylation is 1. The molecule has 0 saturated carbocycles. The van der Waals surface area contributed by atoms with Gasteiger partial charge in [0.25, 0.3) is 0 Å². The second-order valence-electron chi connectivity index (χ2n) is 7.57. The number of hydrogen-bond donors (Lipinski definition) is 0. The number of fused-ring (bicyclic) bond motifs is 3. The van der Waals surface area contributed by atoms with E-state index in [2.05, 4.69) is 43.8 Å². The SMILES string of the molecule is Cc1cc2c(N3CCc4ncc(N5CCOc6ncccc65)cc4C3)ncnc2s1. The molecule has 2 aliphatic heterocycles. The van der Waals surface area contributed by atoms with Gasteiger partial charge in [-0.1, -0.05) is 0 Å². The number of thiophene rings is 1. The van der Waals surface area contributed by atoms with Crippen LogP contribution in [0.4, 0.5) is 17.2 Å². The first kappa shape index (κ1) is 17.6. The Labute approximate surface area is 178 Å². The fourth-order valence-corrected chi connectivity index (χ4v) is 5.12. The number of rotatable bonds is 2. The molecule has 0 spiro atoms. The molecule has 6 rings (SSSR count). The summed E-state index contributed by atoms with van der Waals surface area (Å²) in [7, 11) is 0. The van der Waals surface area contributed by atoms with E-state index < -0.39 is 0 Å². The average Bonchev–Trinajstić information content (AvgIpc) is 3.18. The number of anilines is 3. The van der Waals surface area contributed by atoms with Crippen LogP contribution in [0.15, 0.2) is 43.0 Å². The molecule has 0 amide bonds. The molecule has 0 radical (unpaired) electrons. The maximum absolute atomic E-state index is 5.71. The highest BCUT2D eigenvalue weighted by molar-refractivity contribution is 7.18. The van der Waals surface area contributed by atoms with Crippen molar-refractivity contribution in [2.75, 3.05) is 29.5 Å². The standard InChI is InChI=1S/C22H20N6OS/c1-14-9-17-20(25-13-26-22(17)30-14)27-6-4-18-15(12-27)10-16(11-24-18)28-7-8-29-21-19(28)3-2-5-23-21/h2-3,5,9-11,13H,4,6-8,12H2,1H3. The summed E-state index contributed by atoms with van der Waals surface area (Å²) in [6, 6.07) is 8.44. The van der Waals surface area contributed by atoms with Gasteiger partial charge in [-0.15, -0.1) is 11.3 Å². The first-order chi connectivity index (χ1) is 14.8. The molecule has 0 aliphatic carbocycles. The quantitative estimate of drug-likeness (QED) is 0.491. The number of pyridine rings is 2. The van der Waals surface area contributed by atoms with E-state index in [1.807, 2.05) is 18.3 Å². The molecule has 0 N–H and O–H groups in total. The molecular weight excluding hydrogens is 396 g/mol. The summed E-state index contributed by atoms with van der Waals surface area (Å²) in [5.41, 5.74) is 4.48. The van der Waals surface area contributed by atoms with Crippen molar-refractivity contribution in [3.8, 4) is 5.88 Å². The first-order valence-corrected chi connectivity index (χ1v) is 10.9. The summed E-state index contributed by atoms with van der Waals surface area (Å²) >= 11 is 1.72. The van der Waals surface area contributed by atoms with Gasteiger partial charge in [-0.2, -0.15) is 0 Å². The van der Waals surface area contributed by atoms with Crippen molar-refractivity contribution in [1.82, 2.24) is 19.9 Å². The highest BCUT2D eigenvalue weighted by Crippen LogP contribution is 2.36. The van der Waals surface area contributed by atoms with Crippen molar-refractivity contribution < 1.29 is 4.74 Å². The summed E-state index contributed by atoms with van der Waals surface area (Å²) in [5.74, 6) is 1.70. The maximum atomic E-state index is 5.71. The van der Waals surface area contributed by atoms with E-state index in [9.17, 15) is 0 Å². The molecule has 0 bridgehead atoms. The summed E-state index contributed by atoms with van der Waals surface area (Å²) in [6.45, 7) is 5.21. The minimum absolute atomic E-state index is 0.615. The van der Waals surface area contributed by atoms with E-state index in [1.54, 1.807) is 23.9 Å². The number of hydrogen-bond acceptors (Lipinski definition) is 8. The van der Waals surface area contributed by atoms with Gasteiger partial charge in [-0.05, 0) is 36.8 Å². The molecule has 7 nitrogen and oxygen atoms in total. The third-order valence-electron chi connectivity index (χ3n) is 5.66. The van der Waals surface area contributed by atoms with Crippen molar-refractivity contribution in [1.29, 1.82) is 0 Å². The molecule has 2 aliphatic rings. The summed E-state index contributed by atoms with van der Waals surface area (Å²) < 4.78 is 5.71. The lowest BCUT2D eigenvalue weighted by molar-refractivity contribution is 0.301. The minimum Gasteiger partial charge on any atom is -0.474 e. The first-order valence-electron chi connectivity index (χ1n) is 10.1. The van der Waals surface area contributed by atoms with Crippen molar-refractivity contribution in [2.24, 2.45) is 0 Å². The zero-order valence-electron chi connectivity index (χ0n) is 16.6. The highest BCUT2D eigenvalue weighted by Gasteiger charge is 2.25. The van der Waals surface area contributed by atoms with E-state index in [-0.39, 0.29) is 0 Å². The zero-order valence-corrected chi connectivity index (χ0v) is 17.4. The fourth-order valence-electron chi connectivity index (χ4n) is 4.28. The molecular formula is C22H20N6OS. The van der Waals surface area contributed by atoms with Crippen LogP contribution in [0.2, 0.25) is 0 Å². The Balaban J connectivity index is 1.36. The molecule has 0 unspecified atom stereocenters. The minimum atomic E-state index is 0.615. The third kappa shape index (κ3) is 2.87. The Morgan fingerprint density at radius 2 is 2.07 bits per heavy atom. The largest absolute Gasteiger partial charge is 0.474 e. The molecule has 4 aromatic heterocycles. The van der Waals surface area contributed by atoms with Crippen LogP contribution in [0.1, 0.15) is 16.1 Å². The predicted molar refractivity (Wildman–Crippen MR) is 118 cm³/mol. The molecule has 0 saturated heterocycles. The van der Waals surface area contributed by atoms with Gasteiger partial charge >= 0.3 is 0 Å². The zero-order chi connectivity index (χ0) is 20.1. The molecule has 4 aromatic rings. The van der Waals surface area contributed by atoms with Gasteiger partial charge in [0.15, 0.2) is 0 Å². The molecule has 0 atom stereocenters. The van der Waals surface area contributed by atoms with Crippen LogP contribution in [0.25, 0.3) is 10.2 Å². The van der Waals surface area contributed by atoms with Gasteiger partial charge < -0.3 is 14.5 Å². The Morgan fingerprint density at radius 3 is 3.03 bits per heavy atom. The molecule has 150 valence electrons. The number of nitrogens with zero attached hydrogens (tertiary/aromatic N) is 6.